The minimum absolute atomic E-state index is 0. The molecule has 3 aromatic heterocycles. The first-order chi connectivity index (χ1) is 19.9. The molecule has 8 bridgehead atoms. The van der Waals surface area contributed by atoms with Crippen LogP contribution in [0.4, 0.5) is 0 Å². The van der Waals surface area contributed by atoms with Gasteiger partial charge in [0.2, 0.25) is 0 Å². The van der Waals surface area contributed by atoms with E-state index in [1.54, 1.807) is 6.92 Å². The maximum Gasteiger partial charge on any atom is 2.00 e. The summed E-state index contributed by atoms with van der Waals surface area (Å²) in [7, 11) is 1.34. The number of hydrogen-bond donors (Lipinski definition) is 1. The molecular weight excluding hydrogens is 557 g/mol. The number of carboxylic acid groups (broad SMARTS) is 1. The Labute approximate surface area is 265 Å². The molecule has 0 saturated carbocycles. The zero-order valence-corrected chi connectivity index (χ0v) is 26.9. The van der Waals surface area contributed by atoms with Gasteiger partial charge in [0.1, 0.15) is 5.92 Å². The van der Waals surface area contributed by atoms with Gasteiger partial charge in [-0.1, -0.05) is 58.5 Å². The average molecular weight is 589 g/mol. The van der Waals surface area contributed by atoms with E-state index in [-0.39, 0.29) is 47.3 Å². The van der Waals surface area contributed by atoms with Crippen LogP contribution in [0.5, 0.6) is 0 Å². The fourth-order valence-electron chi connectivity index (χ4n) is 6.40. The third kappa shape index (κ3) is 4.71. The molecule has 3 atom stereocenters. The molecule has 0 unspecified atom stereocenters. The number of methoxy groups -OCH3 is 1. The van der Waals surface area contributed by atoms with E-state index in [0.717, 1.165) is 44.3 Å². The zero-order valence-electron chi connectivity index (χ0n) is 25.5. The zero-order chi connectivity index (χ0) is 30.2. The number of hydrogen-bond acceptors (Lipinski definition) is 4. The maximum absolute atomic E-state index is 13.7. The molecule has 3 aliphatic rings. The SMILES string of the molecule is COC(=O)CC[C@@H]1/C2=C3/c4[n-]c(c(C)c4C(=O)[C@@H]3C(=O)O)/C=c3\[n-]/c(c(C)c3C)=C\c3[n-]c(c(C)c3C)/C=C(\[N-]2)[C@H]1C.[Mg+2]. The number of allylic oxidation sites excluding steroid dienone is 2. The van der Waals surface area contributed by atoms with Crippen LogP contribution in [0.1, 0.15) is 80.7 Å². The Morgan fingerprint density at radius 3 is 2.02 bits per heavy atom. The average Bonchev–Trinajstić information content (AvgIpc) is 3.67. The van der Waals surface area contributed by atoms with E-state index in [9.17, 15) is 19.5 Å². The monoisotopic (exact) mass is 588 g/mol. The largest absolute Gasteiger partial charge is 2.00 e. The molecule has 1 N–H and O–H groups in total. The van der Waals surface area contributed by atoms with Crippen molar-refractivity contribution in [3.05, 3.63) is 83.6 Å². The second kappa shape index (κ2) is 11.1. The van der Waals surface area contributed by atoms with Crippen molar-refractivity contribution < 1.29 is 24.2 Å². The van der Waals surface area contributed by atoms with E-state index < -0.39 is 17.7 Å². The minimum Gasteiger partial charge on any atom is -0.664 e. The molecule has 43 heavy (non-hydrogen) atoms. The number of nitrogens with zero attached hydrogens (tertiary/aromatic N) is 4. The van der Waals surface area contributed by atoms with E-state index in [1.165, 1.54) is 7.11 Å². The number of rotatable bonds is 4. The Kier molecular flexibility index (Phi) is 7.89. The van der Waals surface area contributed by atoms with E-state index in [0.29, 0.717) is 45.9 Å². The van der Waals surface area contributed by atoms with Crippen LogP contribution in [0.3, 0.4) is 0 Å². The van der Waals surface area contributed by atoms with Crippen LogP contribution in [0, 0.1) is 52.4 Å². The predicted molar refractivity (Wildman–Crippen MR) is 163 cm³/mol. The van der Waals surface area contributed by atoms with Gasteiger partial charge < -0.3 is 30.1 Å². The minimum atomic E-state index is -1.42. The summed E-state index contributed by atoms with van der Waals surface area (Å²) >= 11 is 0. The van der Waals surface area contributed by atoms with Gasteiger partial charge in [-0.2, -0.15) is 11.4 Å². The first-order valence-corrected chi connectivity index (χ1v) is 14.1. The fraction of sp³-hybridized carbons (Fsp3) is 0.364. The molecule has 1 saturated heterocycles. The molecule has 3 aromatic rings. The number of carbonyl (C=O) groups excluding carboxylic acids is 2. The number of fused-ring (bicyclic) bond motifs is 7. The summed E-state index contributed by atoms with van der Waals surface area (Å²) < 4.78 is 4.90. The molecule has 10 heteroatoms. The van der Waals surface area contributed by atoms with Crippen LogP contribution < -0.4 is 25.7 Å². The van der Waals surface area contributed by atoms with Gasteiger partial charge in [-0.25, -0.2) is 0 Å². The van der Waals surface area contributed by atoms with Gasteiger partial charge >= 0.3 is 35.0 Å². The number of ether oxygens (including phenoxy) is 1. The van der Waals surface area contributed by atoms with Crippen molar-refractivity contribution in [1.82, 2.24) is 15.0 Å². The van der Waals surface area contributed by atoms with Gasteiger partial charge in [-0.15, -0.1) is 33.5 Å². The molecule has 9 nitrogen and oxygen atoms in total. The van der Waals surface area contributed by atoms with Gasteiger partial charge in [-0.3, -0.25) is 14.4 Å². The van der Waals surface area contributed by atoms with E-state index in [1.807, 2.05) is 52.8 Å². The Hall–Kier alpha value is -3.76. The summed E-state index contributed by atoms with van der Waals surface area (Å²) in [6.45, 7) is 11.9. The van der Waals surface area contributed by atoms with Crippen molar-refractivity contribution >= 4 is 64.6 Å². The van der Waals surface area contributed by atoms with Crippen LogP contribution in [-0.2, 0) is 14.3 Å². The predicted octanol–water partition coefficient (Wildman–Crippen LogP) is 2.93. The van der Waals surface area contributed by atoms with Gasteiger partial charge in [-0.05, 0) is 52.9 Å². The third-order valence-corrected chi connectivity index (χ3v) is 9.34. The summed E-state index contributed by atoms with van der Waals surface area (Å²) in [5.41, 5.74) is 9.05. The van der Waals surface area contributed by atoms with E-state index in [2.05, 4.69) is 0 Å². The van der Waals surface area contributed by atoms with E-state index in [4.69, 9.17) is 25.0 Å². The number of carboxylic acids is 1. The Balaban J connectivity index is 0.00000368. The maximum atomic E-state index is 13.7. The van der Waals surface area contributed by atoms with Crippen molar-refractivity contribution in [3.63, 3.8) is 0 Å². The molecule has 0 amide bonds. The fourth-order valence-corrected chi connectivity index (χ4v) is 6.40. The molecule has 0 radical (unpaired) electrons. The normalized spacial score (nSPS) is 24.7. The molecule has 0 spiro atoms. The van der Waals surface area contributed by atoms with Gasteiger partial charge in [0.15, 0.2) is 5.78 Å². The van der Waals surface area contributed by atoms with Crippen molar-refractivity contribution in [1.29, 1.82) is 0 Å². The first kappa shape index (κ1) is 30.7. The number of aliphatic carboxylic acids is 1. The molecular formula is C33H32MgN4O5-2. The van der Waals surface area contributed by atoms with Crippen LogP contribution in [0.25, 0.3) is 29.1 Å². The summed E-state index contributed by atoms with van der Waals surface area (Å²) in [5, 5.41) is 16.8. The quantitative estimate of drug-likeness (QED) is 0.279. The third-order valence-electron chi connectivity index (χ3n) is 9.34. The van der Waals surface area contributed by atoms with Crippen LogP contribution >= 0.6 is 0 Å². The van der Waals surface area contributed by atoms with Crippen LogP contribution in [-0.4, -0.2) is 53.0 Å². The smallest absolute Gasteiger partial charge is 0.664 e. The molecule has 5 heterocycles. The number of ketones is 1. The molecule has 218 valence electrons. The van der Waals surface area contributed by atoms with Crippen molar-refractivity contribution in [2.24, 2.45) is 17.8 Å². The molecule has 1 fully saturated rings. The van der Waals surface area contributed by atoms with E-state index >= 15 is 0 Å². The standard InChI is InChI=1S/C33H34N4O5.Mg/c1-13-15(3)22-11-24-17(5)19(8-9-26(38)42-7)30(36-24)28-29(33(40)41)32(39)27-18(6)25(37-31(27)28)12-23-16(4)14(2)21(35-23)10-20(13)34-22;/h10-12,17,19,29H,8-9H2,1-7H3,(H3,36,37,39,40,41);/q-2;+2/p-2/b21-10-,23-12-,24-11-;/t17-,19-,29+;/m0./s1. The second-order valence-electron chi connectivity index (χ2n) is 11.5. The van der Waals surface area contributed by atoms with Gasteiger partial charge in [0.25, 0.3) is 0 Å². The summed E-state index contributed by atoms with van der Waals surface area (Å²) in [4.78, 5) is 53.2. The first-order valence-electron chi connectivity index (χ1n) is 14.1. The molecule has 0 aromatic carbocycles. The second-order valence-corrected chi connectivity index (χ2v) is 11.5. The van der Waals surface area contributed by atoms with Crippen molar-refractivity contribution in [2.75, 3.05) is 7.11 Å². The van der Waals surface area contributed by atoms with Crippen molar-refractivity contribution in [3.8, 4) is 0 Å². The van der Waals surface area contributed by atoms with Crippen LogP contribution in [0.15, 0.2) is 11.4 Å². The number of esters is 1. The molecule has 2 aliphatic heterocycles. The van der Waals surface area contributed by atoms with Gasteiger partial charge in [0, 0.05) is 12.0 Å². The van der Waals surface area contributed by atoms with Gasteiger partial charge in [0.05, 0.1) is 7.11 Å². The Morgan fingerprint density at radius 1 is 0.860 bits per heavy atom. The summed E-state index contributed by atoms with van der Waals surface area (Å²) in [6.07, 6.45) is 6.31. The number of aromatic nitrogens is 3. The summed E-state index contributed by atoms with van der Waals surface area (Å²) in [5.74, 6) is -4.02. The van der Waals surface area contributed by atoms with Crippen molar-refractivity contribution in [2.45, 2.75) is 54.4 Å². The Morgan fingerprint density at radius 2 is 1.44 bits per heavy atom. The number of carbonyl (C=O) groups is 3. The number of Topliss-reactive ketones (excluding diaryl/α,β-unsaturated/α-hetero) is 1. The molecule has 6 rings (SSSR count). The summed E-state index contributed by atoms with van der Waals surface area (Å²) in [6, 6.07) is 0. The van der Waals surface area contributed by atoms with Crippen LogP contribution in [0.2, 0.25) is 0 Å². The molecule has 1 aliphatic carbocycles. The topological polar surface area (TPSA) is 137 Å². The Bertz CT molecular complexity index is 1900.